The molecule has 2 aromatic carbocycles. The third-order valence-electron chi connectivity index (χ3n) is 6.26. The number of rotatable bonds is 2. The first-order valence-electron chi connectivity index (χ1n) is 10.3. The van der Waals surface area contributed by atoms with E-state index in [1.165, 1.54) is 0 Å². The molecule has 6 nitrogen and oxygen atoms in total. The Bertz CT molecular complexity index is 1060. The Morgan fingerprint density at radius 2 is 1.93 bits per heavy atom. The van der Waals surface area contributed by atoms with Gasteiger partial charge >= 0.3 is 6.03 Å². The molecular weight excluding hydrogens is 398 g/mol. The van der Waals surface area contributed by atoms with E-state index in [1.807, 2.05) is 48.5 Å². The van der Waals surface area contributed by atoms with Crippen molar-refractivity contribution in [2.75, 3.05) is 18.0 Å². The Kier molecular flexibility index (Phi) is 4.58. The van der Waals surface area contributed by atoms with E-state index in [0.717, 1.165) is 39.5 Å². The third-order valence-corrected chi connectivity index (χ3v) is 7.50. The highest BCUT2D eigenvalue weighted by Gasteiger charge is 2.55. The Morgan fingerprint density at radius 3 is 2.80 bits per heavy atom. The molecule has 1 fully saturated rings. The summed E-state index contributed by atoms with van der Waals surface area (Å²) in [6.45, 7) is 2.47. The van der Waals surface area contributed by atoms with Crippen molar-refractivity contribution in [2.24, 2.45) is 0 Å². The Labute approximate surface area is 179 Å². The summed E-state index contributed by atoms with van der Waals surface area (Å²) >= 11 is 1.75. The van der Waals surface area contributed by atoms with E-state index in [2.05, 4.69) is 12.2 Å². The Morgan fingerprint density at radius 1 is 1.17 bits per heavy atom. The van der Waals surface area contributed by atoms with Gasteiger partial charge in [-0.15, -0.1) is 11.8 Å². The minimum absolute atomic E-state index is 0.232. The summed E-state index contributed by atoms with van der Waals surface area (Å²) in [5.74, 6) is -0.555. The number of hydrogen-bond donors (Lipinski definition) is 1. The van der Waals surface area contributed by atoms with Gasteiger partial charge in [-0.2, -0.15) is 0 Å². The number of carbonyl (C=O) groups excluding carboxylic acids is 3. The molecule has 3 aliphatic rings. The van der Waals surface area contributed by atoms with Crippen LogP contribution in [0, 0.1) is 0 Å². The number of anilines is 1. The molecule has 2 atom stereocenters. The average molecular weight is 422 g/mol. The Balaban J connectivity index is 1.41. The number of para-hydroxylation sites is 1. The predicted octanol–water partition coefficient (Wildman–Crippen LogP) is 3.30. The van der Waals surface area contributed by atoms with Crippen LogP contribution in [0.2, 0.25) is 0 Å². The van der Waals surface area contributed by atoms with Crippen molar-refractivity contribution >= 4 is 35.3 Å². The fraction of sp³-hybridized carbons (Fsp3) is 0.348. The van der Waals surface area contributed by atoms with Crippen molar-refractivity contribution in [3.05, 3.63) is 59.7 Å². The highest BCUT2D eigenvalue weighted by molar-refractivity contribution is 8.00. The lowest BCUT2D eigenvalue weighted by Gasteiger charge is -2.25. The van der Waals surface area contributed by atoms with E-state index in [1.54, 1.807) is 16.7 Å². The quantitative estimate of drug-likeness (QED) is 0.756. The molecule has 5 rings (SSSR count). The summed E-state index contributed by atoms with van der Waals surface area (Å²) < 4.78 is 0. The van der Waals surface area contributed by atoms with Crippen LogP contribution < -0.4 is 10.2 Å². The molecule has 2 heterocycles. The monoisotopic (exact) mass is 421 g/mol. The molecule has 1 N–H and O–H groups in total. The van der Waals surface area contributed by atoms with E-state index >= 15 is 0 Å². The van der Waals surface area contributed by atoms with Gasteiger partial charge in [0.15, 0.2) is 0 Å². The number of aryl methyl sites for hydroxylation is 1. The number of amides is 4. The number of fused-ring (bicyclic) bond motifs is 3. The van der Waals surface area contributed by atoms with Crippen molar-refractivity contribution in [1.29, 1.82) is 0 Å². The molecule has 2 aliphatic heterocycles. The predicted molar refractivity (Wildman–Crippen MR) is 115 cm³/mol. The van der Waals surface area contributed by atoms with Gasteiger partial charge in [-0.25, -0.2) is 4.79 Å². The zero-order valence-electron chi connectivity index (χ0n) is 16.8. The maximum atomic E-state index is 13.4. The number of thioether (sulfide) groups is 1. The first kappa shape index (κ1) is 19.2. The van der Waals surface area contributed by atoms with Crippen molar-refractivity contribution in [3.8, 4) is 0 Å². The van der Waals surface area contributed by atoms with Gasteiger partial charge < -0.3 is 10.2 Å². The van der Waals surface area contributed by atoms with Crippen LogP contribution in [0.15, 0.2) is 53.4 Å². The first-order valence-corrected chi connectivity index (χ1v) is 11.2. The van der Waals surface area contributed by atoms with E-state index in [0.29, 0.717) is 18.2 Å². The smallest absolute Gasteiger partial charge is 0.319 e. The number of nitrogens with one attached hydrogen (secondary N) is 1. The van der Waals surface area contributed by atoms with Gasteiger partial charge in [0, 0.05) is 16.7 Å². The van der Waals surface area contributed by atoms with Crippen molar-refractivity contribution in [3.63, 3.8) is 0 Å². The lowest BCUT2D eigenvalue weighted by Crippen LogP contribution is -2.45. The minimum Gasteiger partial charge on any atom is -0.319 e. The zero-order valence-corrected chi connectivity index (χ0v) is 17.6. The SMILES string of the molecule is C[C@@H]1CCN(C(=O)CN2C(=O)N[C@@]3(CCc4ccccc43)C2=O)c2ccccc2S1. The molecule has 1 saturated heterocycles. The molecular formula is C23H23N3O3S. The van der Waals surface area contributed by atoms with Crippen molar-refractivity contribution < 1.29 is 14.4 Å². The fourth-order valence-electron chi connectivity index (χ4n) is 4.70. The van der Waals surface area contributed by atoms with Gasteiger partial charge in [0.2, 0.25) is 5.91 Å². The molecule has 1 aliphatic carbocycles. The molecule has 0 radical (unpaired) electrons. The van der Waals surface area contributed by atoms with E-state index in [-0.39, 0.29) is 18.4 Å². The topological polar surface area (TPSA) is 69.7 Å². The first-order chi connectivity index (χ1) is 14.5. The van der Waals surface area contributed by atoms with Gasteiger partial charge in [-0.3, -0.25) is 14.5 Å². The maximum absolute atomic E-state index is 13.4. The van der Waals surface area contributed by atoms with Gasteiger partial charge in [0.1, 0.15) is 12.1 Å². The number of imide groups is 1. The molecule has 0 bridgehead atoms. The molecule has 1 spiro atoms. The van der Waals surface area contributed by atoms with E-state index < -0.39 is 11.6 Å². The van der Waals surface area contributed by atoms with Crippen LogP contribution in [0.1, 0.15) is 30.9 Å². The third kappa shape index (κ3) is 2.91. The Hall–Kier alpha value is -2.80. The van der Waals surface area contributed by atoms with Crippen LogP contribution in [0.5, 0.6) is 0 Å². The van der Waals surface area contributed by atoms with E-state index in [4.69, 9.17) is 0 Å². The standard InChI is InChI=1S/C23H23N3O3S/c1-15-11-13-25(18-8-4-5-9-19(18)30-15)20(27)14-26-21(28)23(24-22(26)29)12-10-16-6-2-3-7-17(16)23/h2-9,15H,10-14H2,1H3,(H,24,29)/t15-,23-/m1/s1. The number of carbonyl (C=O) groups is 3. The lowest BCUT2D eigenvalue weighted by molar-refractivity contribution is -0.134. The summed E-state index contributed by atoms with van der Waals surface area (Å²) in [5.41, 5.74) is 1.75. The summed E-state index contributed by atoms with van der Waals surface area (Å²) in [7, 11) is 0. The highest BCUT2D eigenvalue weighted by Crippen LogP contribution is 2.41. The number of benzene rings is 2. The second-order valence-corrected chi connectivity index (χ2v) is 9.59. The van der Waals surface area contributed by atoms with Crippen LogP contribution >= 0.6 is 11.8 Å². The number of hydrogen-bond acceptors (Lipinski definition) is 4. The molecule has 0 saturated carbocycles. The highest BCUT2D eigenvalue weighted by atomic mass is 32.2. The van der Waals surface area contributed by atoms with Crippen LogP contribution in [0.25, 0.3) is 0 Å². The molecule has 0 aromatic heterocycles. The number of urea groups is 1. The van der Waals surface area contributed by atoms with Crippen LogP contribution in [0.4, 0.5) is 10.5 Å². The number of nitrogens with zero attached hydrogens (tertiary/aromatic N) is 2. The van der Waals surface area contributed by atoms with Gasteiger partial charge in [0.25, 0.3) is 5.91 Å². The molecule has 154 valence electrons. The van der Waals surface area contributed by atoms with Gasteiger partial charge in [-0.05, 0) is 42.5 Å². The van der Waals surface area contributed by atoms with Crippen molar-refractivity contribution in [1.82, 2.24) is 10.2 Å². The second kappa shape index (κ2) is 7.16. The molecule has 2 aromatic rings. The summed E-state index contributed by atoms with van der Waals surface area (Å²) in [6, 6.07) is 15.0. The van der Waals surface area contributed by atoms with Crippen LogP contribution in [-0.4, -0.2) is 41.1 Å². The lowest BCUT2D eigenvalue weighted by atomic mass is 9.92. The molecule has 4 amide bonds. The minimum atomic E-state index is -1.03. The van der Waals surface area contributed by atoms with Gasteiger partial charge in [0.05, 0.1) is 5.69 Å². The van der Waals surface area contributed by atoms with Crippen molar-refractivity contribution in [2.45, 2.75) is 41.9 Å². The van der Waals surface area contributed by atoms with E-state index in [9.17, 15) is 14.4 Å². The normalized spacial score (nSPS) is 25.2. The summed E-state index contributed by atoms with van der Waals surface area (Å²) in [6.07, 6.45) is 2.11. The fourth-order valence-corrected chi connectivity index (χ4v) is 5.81. The molecule has 0 unspecified atom stereocenters. The largest absolute Gasteiger partial charge is 0.325 e. The van der Waals surface area contributed by atoms with Gasteiger partial charge in [-0.1, -0.05) is 43.3 Å². The summed E-state index contributed by atoms with van der Waals surface area (Å²) in [4.78, 5) is 43.2. The zero-order chi connectivity index (χ0) is 20.9. The molecule has 30 heavy (non-hydrogen) atoms. The average Bonchev–Trinajstić information content (AvgIpc) is 3.15. The van der Waals surface area contributed by atoms with Crippen LogP contribution in [-0.2, 0) is 21.5 Å². The summed E-state index contributed by atoms with van der Waals surface area (Å²) in [5, 5.41) is 3.28. The maximum Gasteiger partial charge on any atom is 0.325 e. The van der Waals surface area contributed by atoms with Crippen LogP contribution in [0.3, 0.4) is 0 Å². The second-order valence-electron chi connectivity index (χ2n) is 8.11. The molecule has 7 heteroatoms.